The molecule has 0 radical (unpaired) electrons. The smallest absolute Gasteiger partial charge is 0.277 e. The predicted molar refractivity (Wildman–Crippen MR) is 98.4 cm³/mol. The number of nitrogens with zero attached hydrogens (tertiary/aromatic N) is 1. The second-order valence-corrected chi connectivity index (χ2v) is 5.62. The van der Waals surface area contributed by atoms with Crippen molar-refractivity contribution in [3.8, 4) is 23.0 Å². The molecule has 0 aliphatic carbocycles. The van der Waals surface area contributed by atoms with Crippen LogP contribution in [-0.2, 0) is 4.79 Å². The van der Waals surface area contributed by atoms with Gasteiger partial charge in [-0.15, -0.1) is 0 Å². The number of amides is 1. The first kappa shape index (κ1) is 19.1. The summed E-state index contributed by atoms with van der Waals surface area (Å²) in [5.41, 5.74) is 5.06. The van der Waals surface area contributed by atoms with Crippen LogP contribution in [0.5, 0.6) is 23.0 Å². The van der Waals surface area contributed by atoms with Gasteiger partial charge in [-0.2, -0.15) is 5.10 Å². The van der Waals surface area contributed by atoms with Gasteiger partial charge in [0.15, 0.2) is 18.1 Å². The molecule has 0 heterocycles. The first-order valence-electron chi connectivity index (χ1n) is 7.91. The third-order valence-electron chi connectivity index (χ3n) is 3.59. The highest BCUT2D eigenvalue weighted by Gasteiger charge is 2.10. The molecule has 2 aromatic rings. The summed E-state index contributed by atoms with van der Waals surface area (Å²) in [6.45, 7) is 3.76. The number of phenolic OH excluding ortho intramolecular Hbond substituents is 1. The van der Waals surface area contributed by atoms with Crippen molar-refractivity contribution in [3.63, 3.8) is 0 Å². The Hall–Kier alpha value is -3.22. The van der Waals surface area contributed by atoms with Gasteiger partial charge in [-0.1, -0.05) is 17.7 Å². The summed E-state index contributed by atoms with van der Waals surface area (Å²) < 4.78 is 15.6. The number of benzene rings is 2. The van der Waals surface area contributed by atoms with Gasteiger partial charge in [0.2, 0.25) is 5.75 Å². The van der Waals surface area contributed by atoms with E-state index in [2.05, 4.69) is 10.5 Å². The number of aryl methyl sites for hydroxylation is 2. The molecule has 2 aromatic carbocycles. The van der Waals surface area contributed by atoms with E-state index in [0.717, 1.165) is 11.1 Å². The van der Waals surface area contributed by atoms with E-state index >= 15 is 0 Å². The van der Waals surface area contributed by atoms with E-state index < -0.39 is 0 Å². The Morgan fingerprint density at radius 1 is 1.12 bits per heavy atom. The molecule has 0 aliphatic rings. The average molecular weight is 358 g/mol. The molecule has 26 heavy (non-hydrogen) atoms. The molecule has 2 rings (SSSR count). The number of hydrazone groups is 1. The van der Waals surface area contributed by atoms with Gasteiger partial charge in [0.25, 0.3) is 5.91 Å². The molecule has 0 fully saturated rings. The first-order chi connectivity index (χ1) is 12.4. The molecular weight excluding hydrogens is 336 g/mol. The number of hydrogen-bond donors (Lipinski definition) is 2. The Labute approximate surface area is 152 Å². The van der Waals surface area contributed by atoms with E-state index in [0.29, 0.717) is 11.3 Å². The van der Waals surface area contributed by atoms with Crippen molar-refractivity contribution in [1.82, 2.24) is 5.43 Å². The first-order valence-corrected chi connectivity index (χ1v) is 7.91. The number of hydrogen-bond acceptors (Lipinski definition) is 6. The van der Waals surface area contributed by atoms with Crippen LogP contribution < -0.4 is 19.6 Å². The number of rotatable bonds is 7. The number of methoxy groups -OCH3 is 2. The summed E-state index contributed by atoms with van der Waals surface area (Å²) in [6, 6.07) is 8.87. The van der Waals surface area contributed by atoms with Crippen LogP contribution in [0.1, 0.15) is 16.7 Å². The Kier molecular flexibility index (Phi) is 6.43. The normalized spacial score (nSPS) is 10.6. The van der Waals surface area contributed by atoms with Gasteiger partial charge in [0.1, 0.15) is 5.75 Å². The second-order valence-electron chi connectivity index (χ2n) is 5.62. The molecule has 7 heteroatoms. The Balaban J connectivity index is 1.94. The summed E-state index contributed by atoms with van der Waals surface area (Å²) >= 11 is 0. The van der Waals surface area contributed by atoms with Gasteiger partial charge in [0.05, 0.1) is 20.4 Å². The summed E-state index contributed by atoms with van der Waals surface area (Å²) in [5.74, 6) is 0.658. The lowest BCUT2D eigenvalue weighted by Gasteiger charge is -2.09. The summed E-state index contributed by atoms with van der Waals surface area (Å²) in [7, 11) is 2.86. The number of phenols is 1. The van der Waals surface area contributed by atoms with E-state index in [1.807, 2.05) is 32.0 Å². The Morgan fingerprint density at radius 3 is 2.35 bits per heavy atom. The molecular formula is C19H22N2O5. The van der Waals surface area contributed by atoms with Crippen molar-refractivity contribution in [2.45, 2.75) is 13.8 Å². The van der Waals surface area contributed by atoms with E-state index in [1.165, 1.54) is 20.4 Å². The van der Waals surface area contributed by atoms with Crippen molar-refractivity contribution in [3.05, 3.63) is 47.0 Å². The maximum atomic E-state index is 11.8. The van der Waals surface area contributed by atoms with E-state index in [4.69, 9.17) is 14.2 Å². The Bertz CT molecular complexity index is 793. The molecule has 0 unspecified atom stereocenters. The molecule has 0 aliphatic heterocycles. The monoisotopic (exact) mass is 358 g/mol. The molecule has 0 spiro atoms. The average Bonchev–Trinajstić information content (AvgIpc) is 2.62. The van der Waals surface area contributed by atoms with Gasteiger partial charge in [-0.05, 0) is 37.6 Å². The molecule has 138 valence electrons. The molecule has 7 nitrogen and oxygen atoms in total. The van der Waals surface area contributed by atoms with Crippen LogP contribution in [0.25, 0.3) is 0 Å². The second kappa shape index (κ2) is 8.75. The summed E-state index contributed by atoms with van der Waals surface area (Å²) in [5, 5.41) is 13.7. The Morgan fingerprint density at radius 2 is 1.77 bits per heavy atom. The standard InChI is InChI=1S/C19H22N2O5/c1-12-5-6-15(13(2)7-12)26-11-18(22)21-20-10-14-8-16(24-3)19(23)17(9-14)25-4/h5-10,23H,11H2,1-4H3,(H,21,22)/b20-10+. The van der Waals surface area contributed by atoms with Crippen molar-refractivity contribution >= 4 is 12.1 Å². The third-order valence-corrected chi connectivity index (χ3v) is 3.59. The molecule has 0 atom stereocenters. The van der Waals surface area contributed by atoms with E-state index in [1.54, 1.807) is 12.1 Å². The minimum absolute atomic E-state index is 0.0990. The van der Waals surface area contributed by atoms with Crippen LogP contribution in [0.15, 0.2) is 35.4 Å². The molecule has 0 saturated carbocycles. The number of carbonyl (C=O) groups is 1. The molecule has 0 bridgehead atoms. The van der Waals surface area contributed by atoms with E-state index in [9.17, 15) is 9.90 Å². The lowest BCUT2D eigenvalue weighted by molar-refractivity contribution is -0.123. The van der Waals surface area contributed by atoms with Crippen LogP contribution >= 0.6 is 0 Å². The summed E-state index contributed by atoms with van der Waals surface area (Å²) in [6.07, 6.45) is 1.42. The topological polar surface area (TPSA) is 89.4 Å². The predicted octanol–water partition coefficient (Wildman–Crippen LogP) is 2.56. The van der Waals surface area contributed by atoms with Crippen molar-refractivity contribution < 1.29 is 24.1 Å². The van der Waals surface area contributed by atoms with Gasteiger partial charge < -0.3 is 19.3 Å². The number of ether oxygens (including phenoxy) is 3. The minimum Gasteiger partial charge on any atom is -0.502 e. The van der Waals surface area contributed by atoms with Crippen LogP contribution in [0.2, 0.25) is 0 Å². The number of aromatic hydroxyl groups is 1. The zero-order valence-corrected chi connectivity index (χ0v) is 15.2. The molecule has 2 N–H and O–H groups in total. The van der Waals surface area contributed by atoms with Gasteiger partial charge in [-0.25, -0.2) is 5.43 Å². The molecule has 0 aromatic heterocycles. The molecule has 1 amide bonds. The van der Waals surface area contributed by atoms with E-state index in [-0.39, 0.29) is 29.8 Å². The van der Waals surface area contributed by atoms with Gasteiger partial charge >= 0.3 is 0 Å². The number of carbonyl (C=O) groups excluding carboxylic acids is 1. The van der Waals surface area contributed by atoms with Gasteiger partial charge in [-0.3, -0.25) is 4.79 Å². The maximum absolute atomic E-state index is 11.8. The third kappa shape index (κ3) is 4.89. The summed E-state index contributed by atoms with van der Waals surface area (Å²) in [4.78, 5) is 11.8. The van der Waals surface area contributed by atoms with Crippen molar-refractivity contribution in [1.29, 1.82) is 0 Å². The SMILES string of the molecule is COc1cc(/C=N/NC(=O)COc2ccc(C)cc2C)cc(OC)c1O. The number of nitrogens with one attached hydrogen (secondary N) is 1. The minimum atomic E-state index is -0.390. The highest BCUT2D eigenvalue weighted by molar-refractivity contribution is 5.84. The largest absolute Gasteiger partial charge is 0.502 e. The van der Waals surface area contributed by atoms with Crippen LogP contribution in [-0.4, -0.2) is 38.1 Å². The fraction of sp³-hybridized carbons (Fsp3) is 0.263. The quantitative estimate of drug-likeness (QED) is 0.586. The van der Waals surface area contributed by atoms with Crippen LogP contribution in [0.3, 0.4) is 0 Å². The molecule has 0 saturated heterocycles. The lowest BCUT2D eigenvalue weighted by Crippen LogP contribution is -2.24. The fourth-order valence-corrected chi connectivity index (χ4v) is 2.30. The van der Waals surface area contributed by atoms with Gasteiger partial charge in [0, 0.05) is 5.56 Å². The maximum Gasteiger partial charge on any atom is 0.277 e. The van der Waals surface area contributed by atoms with Crippen molar-refractivity contribution in [2.24, 2.45) is 5.10 Å². The lowest BCUT2D eigenvalue weighted by atomic mass is 10.1. The fourth-order valence-electron chi connectivity index (χ4n) is 2.30. The van der Waals surface area contributed by atoms with Crippen molar-refractivity contribution in [2.75, 3.05) is 20.8 Å². The van der Waals surface area contributed by atoms with Crippen LogP contribution in [0, 0.1) is 13.8 Å². The highest BCUT2D eigenvalue weighted by atomic mass is 16.5. The zero-order valence-electron chi connectivity index (χ0n) is 15.2. The zero-order chi connectivity index (χ0) is 19.1. The van der Waals surface area contributed by atoms with Crippen LogP contribution in [0.4, 0.5) is 0 Å². The highest BCUT2D eigenvalue weighted by Crippen LogP contribution is 2.36.